The molecule has 4 nitrogen and oxygen atoms in total. The Hall–Kier alpha value is 0.421. The Morgan fingerprint density at radius 1 is 1.00 bits per heavy atom. The zero-order valence-corrected chi connectivity index (χ0v) is 8.82. The topological polar surface area (TPSA) is 80.3 Å². The maximum atomic E-state index is 8.89. The summed E-state index contributed by atoms with van der Waals surface area (Å²) in [5.74, 6) is -2.17. The number of aliphatic carboxylic acids is 2. The largest absolute Gasteiger partial charge is 2.00 e. The van der Waals surface area contributed by atoms with Crippen LogP contribution in [0.25, 0.3) is 0 Å². The first kappa shape index (κ1) is 22.4. The van der Waals surface area contributed by atoms with E-state index < -0.39 is 11.9 Å². The number of hydrogen-bond donors (Lipinski definition) is 0. The van der Waals surface area contributed by atoms with E-state index in [0.29, 0.717) is 0 Å². The molecule has 0 fully saturated rings. The van der Waals surface area contributed by atoms with Crippen molar-refractivity contribution in [1.29, 1.82) is 0 Å². The third-order valence-corrected chi connectivity index (χ3v) is 0. The summed E-state index contributed by atoms with van der Waals surface area (Å²) >= 11 is 0. The summed E-state index contributed by atoms with van der Waals surface area (Å²) in [6, 6.07) is 0. The second-order valence-corrected chi connectivity index (χ2v) is 0.983. The van der Waals surface area contributed by atoms with Crippen LogP contribution in [0.1, 0.15) is 13.8 Å². The average Bonchev–Trinajstić information content (AvgIpc) is 1.25. The molecule has 0 aromatic heterocycles. The number of carboxylic acid groups (broad SMARTS) is 2. The molecule has 0 unspecified atom stereocenters. The number of carbonyl (C=O) groups excluding carboxylic acids is 2. The van der Waals surface area contributed by atoms with Gasteiger partial charge in [-0.1, -0.05) is 0 Å². The van der Waals surface area contributed by atoms with E-state index in [1.807, 2.05) is 0 Å². The fourth-order valence-electron chi connectivity index (χ4n) is 0. The molecule has 6 heteroatoms. The maximum absolute atomic E-state index is 8.89. The molecule has 0 radical (unpaired) electrons. The average molecular weight is 190 g/mol. The molecule has 0 aromatic rings. The number of hydrogen-bond acceptors (Lipinski definition) is 4. The molecule has 0 heterocycles. The third kappa shape index (κ3) is 2620. The number of rotatable bonds is 0. The molecule has 0 aliphatic heterocycles. The summed E-state index contributed by atoms with van der Waals surface area (Å²) in [6.45, 7) is 1.94. The van der Waals surface area contributed by atoms with Crippen molar-refractivity contribution in [2.45, 2.75) is 13.8 Å². The van der Waals surface area contributed by atoms with E-state index in [2.05, 4.69) is 0 Å². The second-order valence-electron chi connectivity index (χ2n) is 0.983. The van der Waals surface area contributed by atoms with Crippen LogP contribution in [-0.4, -0.2) is 35.0 Å². The molecular weight excluding hydrogens is 184 g/mol. The van der Waals surface area contributed by atoms with Gasteiger partial charge in [0.05, 0.1) is 0 Å². The van der Waals surface area contributed by atoms with Gasteiger partial charge >= 0.3 is 23.1 Å². The quantitative estimate of drug-likeness (QED) is 0.384. The fraction of sp³-hybridized carbons (Fsp3) is 0.500. The van der Waals surface area contributed by atoms with Gasteiger partial charge in [0, 0.05) is 33.7 Å². The summed E-state index contributed by atoms with van der Waals surface area (Å²) < 4.78 is 0. The van der Waals surface area contributed by atoms with Gasteiger partial charge in [-0.25, -0.2) is 0 Å². The summed E-state index contributed by atoms with van der Waals surface area (Å²) in [6.07, 6.45) is 0. The zero-order valence-electron chi connectivity index (χ0n) is 5.84. The van der Waals surface area contributed by atoms with Crippen molar-refractivity contribution in [3.05, 3.63) is 0 Å². The molecule has 0 saturated carbocycles. The Morgan fingerprint density at radius 2 is 1.00 bits per heavy atom. The van der Waals surface area contributed by atoms with Crippen LogP contribution in [0.3, 0.4) is 0 Å². The summed E-state index contributed by atoms with van der Waals surface area (Å²) in [7, 11) is 0. The molecule has 0 amide bonds. The molecular formula is C4H6MgO4Ti. The van der Waals surface area contributed by atoms with Crippen molar-refractivity contribution < 1.29 is 41.5 Å². The predicted octanol–water partition coefficient (Wildman–Crippen LogP) is -2.87. The van der Waals surface area contributed by atoms with Crippen LogP contribution in [0.5, 0.6) is 0 Å². The number of carbonyl (C=O) groups is 2. The van der Waals surface area contributed by atoms with Crippen LogP contribution in [0.4, 0.5) is 0 Å². The first-order valence-electron chi connectivity index (χ1n) is 1.82. The SMILES string of the molecule is CC(=O)[O-].CC(=O)[O-].[Mg+2].[Ti]. The van der Waals surface area contributed by atoms with E-state index in [0.717, 1.165) is 13.8 Å². The van der Waals surface area contributed by atoms with Gasteiger partial charge < -0.3 is 19.8 Å². The Labute approximate surface area is 90.0 Å². The molecule has 52 valence electrons. The zero-order chi connectivity index (χ0) is 7.15. The van der Waals surface area contributed by atoms with Crippen LogP contribution in [-0.2, 0) is 31.3 Å². The van der Waals surface area contributed by atoms with Gasteiger partial charge in [0.1, 0.15) is 0 Å². The van der Waals surface area contributed by atoms with Crippen molar-refractivity contribution in [3.8, 4) is 0 Å². The first-order valence-corrected chi connectivity index (χ1v) is 1.82. The van der Waals surface area contributed by atoms with Crippen molar-refractivity contribution in [1.82, 2.24) is 0 Å². The summed E-state index contributed by atoms with van der Waals surface area (Å²) in [5.41, 5.74) is 0. The molecule has 0 spiro atoms. The van der Waals surface area contributed by atoms with Crippen LogP contribution < -0.4 is 10.2 Å². The fourth-order valence-corrected chi connectivity index (χ4v) is 0. The van der Waals surface area contributed by atoms with Crippen molar-refractivity contribution in [2.24, 2.45) is 0 Å². The van der Waals surface area contributed by atoms with E-state index in [1.54, 1.807) is 0 Å². The smallest absolute Gasteiger partial charge is 0.550 e. The van der Waals surface area contributed by atoms with Crippen molar-refractivity contribution >= 4 is 35.0 Å². The Balaban J connectivity index is -0.0000000300. The Kier molecular flexibility index (Phi) is 36.4. The molecule has 10 heavy (non-hydrogen) atoms. The monoisotopic (exact) mass is 190 g/mol. The van der Waals surface area contributed by atoms with Crippen LogP contribution in [0.2, 0.25) is 0 Å². The summed E-state index contributed by atoms with van der Waals surface area (Å²) in [5, 5.41) is 17.8. The van der Waals surface area contributed by atoms with E-state index in [-0.39, 0.29) is 44.8 Å². The van der Waals surface area contributed by atoms with Crippen LogP contribution in [0.15, 0.2) is 0 Å². The van der Waals surface area contributed by atoms with Gasteiger partial charge in [-0.3, -0.25) is 0 Å². The molecule has 0 bridgehead atoms. The third-order valence-electron chi connectivity index (χ3n) is 0. The normalized spacial score (nSPS) is 5.00. The number of carboxylic acids is 2. The molecule has 0 rings (SSSR count). The minimum absolute atomic E-state index is 0. The molecule has 0 atom stereocenters. The second kappa shape index (κ2) is 16.2. The van der Waals surface area contributed by atoms with Gasteiger partial charge in [0.15, 0.2) is 0 Å². The van der Waals surface area contributed by atoms with Crippen LogP contribution in [0, 0.1) is 0 Å². The van der Waals surface area contributed by atoms with Gasteiger partial charge in [-0.15, -0.1) is 0 Å². The maximum Gasteiger partial charge on any atom is 2.00 e. The van der Waals surface area contributed by atoms with Gasteiger partial charge in [-0.2, -0.15) is 0 Å². The molecule has 0 aromatic carbocycles. The molecule has 0 N–H and O–H groups in total. The first-order chi connectivity index (χ1) is 3.46. The van der Waals surface area contributed by atoms with Gasteiger partial charge in [0.2, 0.25) is 0 Å². The molecule has 0 aliphatic rings. The van der Waals surface area contributed by atoms with Crippen LogP contribution >= 0.6 is 0 Å². The van der Waals surface area contributed by atoms with Gasteiger partial charge in [0.25, 0.3) is 0 Å². The van der Waals surface area contributed by atoms with Crippen molar-refractivity contribution in [3.63, 3.8) is 0 Å². The minimum atomic E-state index is -1.08. The molecule has 0 aliphatic carbocycles. The predicted molar refractivity (Wildman–Crippen MR) is 27.1 cm³/mol. The summed E-state index contributed by atoms with van der Waals surface area (Å²) in [4.78, 5) is 17.8. The van der Waals surface area contributed by atoms with E-state index in [1.165, 1.54) is 0 Å². The Morgan fingerprint density at radius 3 is 1.00 bits per heavy atom. The van der Waals surface area contributed by atoms with E-state index >= 15 is 0 Å². The minimum Gasteiger partial charge on any atom is -0.550 e. The standard InChI is InChI=1S/2C2H4O2.Mg.Ti/c2*1-2(3)4;;/h2*1H3,(H,3,4);;/q;;+2;/p-2. The van der Waals surface area contributed by atoms with Gasteiger partial charge in [-0.05, 0) is 13.8 Å². The Bertz CT molecular complexity index is 75.3. The molecule has 0 saturated heterocycles. The van der Waals surface area contributed by atoms with E-state index in [9.17, 15) is 0 Å². The van der Waals surface area contributed by atoms with Crippen molar-refractivity contribution in [2.75, 3.05) is 0 Å². The van der Waals surface area contributed by atoms with E-state index in [4.69, 9.17) is 19.8 Å².